The van der Waals surface area contributed by atoms with Gasteiger partial charge in [0, 0.05) is 27.4 Å². The predicted molar refractivity (Wildman–Crippen MR) is 107 cm³/mol. The van der Waals surface area contributed by atoms with Crippen molar-refractivity contribution in [1.29, 1.82) is 0 Å². The van der Waals surface area contributed by atoms with Gasteiger partial charge in [-0.05, 0) is 49.1 Å². The van der Waals surface area contributed by atoms with E-state index in [1.807, 2.05) is 6.07 Å². The van der Waals surface area contributed by atoms with Crippen LogP contribution in [0.5, 0.6) is 5.75 Å². The van der Waals surface area contributed by atoms with Crippen LogP contribution in [0.3, 0.4) is 0 Å². The summed E-state index contributed by atoms with van der Waals surface area (Å²) >= 11 is 0. The highest BCUT2D eigenvalue weighted by molar-refractivity contribution is 7.85. The first-order chi connectivity index (χ1) is 13.3. The SMILES string of the molecule is COCCC(CCCCS(=O)(=O)O)C(CCOC)Cc1cccc(O)c1C=O. The van der Waals surface area contributed by atoms with E-state index in [1.54, 1.807) is 20.3 Å². The van der Waals surface area contributed by atoms with E-state index < -0.39 is 10.1 Å². The standard InChI is InChI=1S/C20H32O7S/c1-26-11-9-16(6-3-4-13-28(23,24)25)17(10-12-27-2)14-18-7-5-8-20(22)19(18)15-21/h5,7-8,15-17,22H,3-4,6,9-14H2,1-2H3,(H,23,24,25). The van der Waals surface area contributed by atoms with Crippen molar-refractivity contribution in [1.82, 2.24) is 0 Å². The first-order valence-corrected chi connectivity index (χ1v) is 11.1. The average Bonchev–Trinajstić information content (AvgIpc) is 2.64. The van der Waals surface area contributed by atoms with E-state index in [-0.39, 0.29) is 23.3 Å². The number of phenols is 1. The Bertz CT molecular complexity index is 688. The van der Waals surface area contributed by atoms with Gasteiger partial charge >= 0.3 is 0 Å². The number of unbranched alkanes of at least 4 members (excludes halogenated alkanes) is 1. The van der Waals surface area contributed by atoms with Crippen LogP contribution in [0.15, 0.2) is 18.2 Å². The van der Waals surface area contributed by atoms with Crippen molar-refractivity contribution in [3.8, 4) is 5.75 Å². The number of methoxy groups -OCH3 is 2. The molecule has 1 aromatic rings. The number of aldehydes is 1. The summed E-state index contributed by atoms with van der Waals surface area (Å²) in [5, 5.41) is 9.95. The van der Waals surface area contributed by atoms with Gasteiger partial charge in [0.15, 0.2) is 6.29 Å². The lowest BCUT2D eigenvalue weighted by atomic mass is 9.79. The summed E-state index contributed by atoms with van der Waals surface area (Å²) in [6, 6.07) is 5.06. The van der Waals surface area contributed by atoms with Gasteiger partial charge in [-0.2, -0.15) is 8.42 Å². The molecule has 0 fully saturated rings. The molecule has 0 bridgehead atoms. The molecule has 160 valence electrons. The topological polar surface area (TPSA) is 110 Å². The molecule has 0 aromatic heterocycles. The molecule has 0 radical (unpaired) electrons. The molecule has 0 aliphatic rings. The number of rotatable bonds is 15. The zero-order valence-electron chi connectivity index (χ0n) is 16.7. The molecule has 2 atom stereocenters. The van der Waals surface area contributed by atoms with E-state index in [9.17, 15) is 18.3 Å². The van der Waals surface area contributed by atoms with Crippen molar-refractivity contribution in [3.05, 3.63) is 29.3 Å². The quantitative estimate of drug-likeness (QED) is 0.257. The molecule has 0 spiro atoms. The number of phenolic OH excluding ortho intramolecular Hbond substituents is 1. The van der Waals surface area contributed by atoms with Crippen LogP contribution in [0.25, 0.3) is 0 Å². The molecule has 0 amide bonds. The number of hydrogen-bond donors (Lipinski definition) is 2. The molecular weight excluding hydrogens is 384 g/mol. The maximum absolute atomic E-state index is 11.4. The lowest BCUT2D eigenvalue weighted by Gasteiger charge is -2.28. The minimum Gasteiger partial charge on any atom is -0.507 e. The van der Waals surface area contributed by atoms with Gasteiger partial charge in [-0.3, -0.25) is 9.35 Å². The number of carbonyl (C=O) groups is 1. The van der Waals surface area contributed by atoms with Gasteiger partial charge in [-0.1, -0.05) is 25.0 Å². The third kappa shape index (κ3) is 9.14. The molecule has 8 heteroatoms. The van der Waals surface area contributed by atoms with Crippen molar-refractivity contribution < 1.29 is 32.3 Å². The summed E-state index contributed by atoms with van der Waals surface area (Å²) in [5.74, 6) is 0.147. The second-order valence-corrected chi connectivity index (χ2v) is 8.61. The number of aromatic hydroxyl groups is 1. The van der Waals surface area contributed by atoms with Gasteiger partial charge in [-0.15, -0.1) is 0 Å². The minimum atomic E-state index is -3.95. The first-order valence-electron chi connectivity index (χ1n) is 9.51. The Morgan fingerprint density at radius 1 is 1.04 bits per heavy atom. The molecular formula is C20H32O7S. The van der Waals surface area contributed by atoms with Crippen molar-refractivity contribution >= 4 is 16.4 Å². The van der Waals surface area contributed by atoms with Crippen LogP contribution >= 0.6 is 0 Å². The maximum Gasteiger partial charge on any atom is 0.264 e. The van der Waals surface area contributed by atoms with Crippen molar-refractivity contribution in [2.45, 2.75) is 38.5 Å². The average molecular weight is 417 g/mol. The van der Waals surface area contributed by atoms with Crippen LogP contribution < -0.4 is 0 Å². The van der Waals surface area contributed by atoms with E-state index in [0.29, 0.717) is 44.3 Å². The van der Waals surface area contributed by atoms with E-state index in [0.717, 1.165) is 24.8 Å². The largest absolute Gasteiger partial charge is 0.507 e. The van der Waals surface area contributed by atoms with E-state index in [1.165, 1.54) is 6.07 Å². The highest BCUT2D eigenvalue weighted by Gasteiger charge is 2.23. The number of benzene rings is 1. The van der Waals surface area contributed by atoms with Crippen molar-refractivity contribution in [2.24, 2.45) is 11.8 Å². The molecule has 0 heterocycles. The fourth-order valence-corrected chi connectivity index (χ4v) is 4.11. The van der Waals surface area contributed by atoms with Gasteiger partial charge < -0.3 is 14.6 Å². The molecule has 0 saturated carbocycles. The maximum atomic E-state index is 11.4. The zero-order chi connectivity index (χ0) is 21.0. The lowest BCUT2D eigenvalue weighted by Crippen LogP contribution is -2.22. The van der Waals surface area contributed by atoms with Gasteiger partial charge in [0.05, 0.1) is 11.3 Å². The fraction of sp³-hybridized carbons (Fsp3) is 0.650. The van der Waals surface area contributed by atoms with Crippen molar-refractivity contribution in [3.63, 3.8) is 0 Å². The van der Waals surface area contributed by atoms with Crippen LogP contribution in [0, 0.1) is 11.8 Å². The summed E-state index contributed by atoms with van der Waals surface area (Å²) in [6.45, 7) is 1.14. The summed E-state index contributed by atoms with van der Waals surface area (Å²) < 4.78 is 41.3. The molecule has 0 aliphatic carbocycles. The number of carbonyl (C=O) groups excluding carboxylic acids is 1. The molecule has 1 rings (SSSR count). The minimum absolute atomic E-state index is 0.0282. The van der Waals surface area contributed by atoms with Crippen LogP contribution in [-0.4, -0.2) is 57.5 Å². The Labute approximate surface area is 167 Å². The highest BCUT2D eigenvalue weighted by Crippen LogP contribution is 2.31. The van der Waals surface area contributed by atoms with Crippen LogP contribution in [-0.2, 0) is 26.0 Å². The summed E-state index contributed by atoms with van der Waals surface area (Å²) in [4.78, 5) is 11.4. The van der Waals surface area contributed by atoms with Crippen LogP contribution in [0.1, 0.15) is 48.0 Å². The molecule has 2 N–H and O–H groups in total. The summed E-state index contributed by atoms with van der Waals surface area (Å²) in [6.07, 6.45) is 4.70. The van der Waals surface area contributed by atoms with E-state index in [2.05, 4.69) is 0 Å². The summed E-state index contributed by atoms with van der Waals surface area (Å²) in [7, 11) is -0.671. The smallest absolute Gasteiger partial charge is 0.264 e. The molecule has 0 aliphatic heterocycles. The van der Waals surface area contributed by atoms with Gasteiger partial charge in [0.1, 0.15) is 5.75 Å². The van der Waals surface area contributed by atoms with Gasteiger partial charge in [-0.25, -0.2) is 0 Å². The van der Waals surface area contributed by atoms with Crippen molar-refractivity contribution in [2.75, 3.05) is 33.2 Å². The van der Waals surface area contributed by atoms with Crippen LogP contribution in [0.2, 0.25) is 0 Å². The highest BCUT2D eigenvalue weighted by atomic mass is 32.2. The number of ether oxygens (including phenoxy) is 2. The lowest BCUT2D eigenvalue weighted by molar-refractivity contribution is 0.111. The van der Waals surface area contributed by atoms with Gasteiger partial charge in [0.25, 0.3) is 10.1 Å². The van der Waals surface area contributed by atoms with Crippen LogP contribution in [0.4, 0.5) is 0 Å². The third-order valence-electron chi connectivity index (χ3n) is 5.05. The zero-order valence-corrected chi connectivity index (χ0v) is 17.5. The molecule has 0 saturated heterocycles. The Balaban J connectivity index is 2.92. The Hall–Kier alpha value is -1.48. The van der Waals surface area contributed by atoms with Gasteiger partial charge in [0.2, 0.25) is 0 Å². The summed E-state index contributed by atoms with van der Waals surface area (Å²) in [5.41, 5.74) is 1.10. The van der Waals surface area contributed by atoms with E-state index in [4.69, 9.17) is 14.0 Å². The molecule has 2 unspecified atom stereocenters. The fourth-order valence-electron chi connectivity index (χ4n) is 3.55. The Morgan fingerprint density at radius 2 is 1.68 bits per heavy atom. The Kier molecular flexibility index (Phi) is 11.3. The predicted octanol–water partition coefficient (Wildman–Crippen LogP) is 3.11. The normalized spacial score (nSPS) is 14.0. The first kappa shape index (κ1) is 24.6. The molecule has 7 nitrogen and oxygen atoms in total. The van der Waals surface area contributed by atoms with E-state index >= 15 is 0 Å². The second kappa shape index (κ2) is 12.9. The molecule has 28 heavy (non-hydrogen) atoms. The second-order valence-electron chi connectivity index (χ2n) is 7.04. The third-order valence-corrected chi connectivity index (χ3v) is 5.86. The molecule has 1 aromatic carbocycles. The monoisotopic (exact) mass is 416 g/mol. The number of hydrogen-bond acceptors (Lipinski definition) is 6. The Morgan fingerprint density at radius 3 is 2.25 bits per heavy atom.